The molecule has 2 unspecified atom stereocenters. The normalized spacial score (nSPS) is 24.9. The highest BCUT2D eigenvalue weighted by Gasteiger charge is 2.36. The molecular formula is C9H14N4O2. The molecule has 1 aromatic rings. The molecule has 0 spiro atoms. The van der Waals surface area contributed by atoms with Crippen molar-refractivity contribution < 1.29 is 9.90 Å². The van der Waals surface area contributed by atoms with Gasteiger partial charge in [-0.3, -0.25) is 9.48 Å². The number of rotatable bonds is 4. The van der Waals surface area contributed by atoms with Crippen molar-refractivity contribution in [1.82, 2.24) is 20.1 Å². The third kappa shape index (κ3) is 2.15. The lowest BCUT2D eigenvalue weighted by Crippen LogP contribution is -2.47. The lowest BCUT2D eigenvalue weighted by atomic mass is 9.79. The van der Waals surface area contributed by atoms with E-state index in [0.717, 1.165) is 12.8 Å². The number of carboxylic acid groups (broad SMARTS) is 1. The molecule has 0 bridgehead atoms. The molecule has 0 aromatic carbocycles. The van der Waals surface area contributed by atoms with Crippen LogP contribution in [0.4, 0.5) is 0 Å². The standard InChI is InChI=1S/C9H14N4O2/c1-13-5-11-8(12-13)4-10-7-3-2-6(7)9(14)15/h5-7,10H,2-4H2,1H3,(H,14,15). The number of nitrogens with one attached hydrogen (secondary N) is 1. The molecule has 6 heteroatoms. The van der Waals surface area contributed by atoms with E-state index in [1.165, 1.54) is 0 Å². The first-order valence-corrected chi connectivity index (χ1v) is 4.97. The van der Waals surface area contributed by atoms with E-state index in [1.54, 1.807) is 18.1 Å². The summed E-state index contributed by atoms with van der Waals surface area (Å²) in [5, 5.41) is 16.1. The maximum Gasteiger partial charge on any atom is 0.308 e. The summed E-state index contributed by atoms with van der Waals surface area (Å²) in [5.41, 5.74) is 0. The molecule has 82 valence electrons. The van der Waals surface area contributed by atoms with Crippen molar-refractivity contribution in [3.05, 3.63) is 12.2 Å². The highest BCUT2D eigenvalue weighted by atomic mass is 16.4. The Morgan fingerprint density at radius 2 is 2.53 bits per heavy atom. The largest absolute Gasteiger partial charge is 0.481 e. The average Bonchev–Trinajstić information content (AvgIpc) is 2.48. The summed E-state index contributed by atoms with van der Waals surface area (Å²) in [6, 6.07) is 0.0753. The van der Waals surface area contributed by atoms with Crippen LogP contribution in [0.15, 0.2) is 6.33 Å². The molecule has 1 heterocycles. The molecule has 0 saturated heterocycles. The summed E-state index contributed by atoms with van der Waals surface area (Å²) in [6.07, 6.45) is 3.32. The molecule has 1 aromatic heterocycles. The highest BCUT2D eigenvalue weighted by molar-refractivity contribution is 5.72. The Morgan fingerprint density at radius 3 is 3.00 bits per heavy atom. The van der Waals surface area contributed by atoms with E-state index >= 15 is 0 Å². The van der Waals surface area contributed by atoms with Gasteiger partial charge in [0.25, 0.3) is 0 Å². The highest BCUT2D eigenvalue weighted by Crippen LogP contribution is 2.27. The minimum absolute atomic E-state index is 0.0753. The van der Waals surface area contributed by atoms with Crippen LogP contribution in [-0.2, 0) is 18.4 Å². The van der Waals surface area contributed by atoms with Crippen LogP contribution >= 0.6 is 0 Å². The number of hydrogen-bond donors (Lipinski definition) is 2. The van der Waals surface area contributed by atoms with Crippen molar-refractivity contribution in [2.45, 2.75) is 25.4 Å². The molecule has 15 heavy (non-hydrogen) atoms. The summed E-state index contributed by atoms with van der Waals surface area (Å²) in [5.74, 6) is -0.255. The first-order valence-electron chi connectivity index (χ1n) is 4.97. The number of carboxylic acids is 1. The van der Waals surface area contributed by atoms with Gasteiger partial charge in [-0.15, -0.1) is 0 Å². The molecule has 0 aliphatic heterocycles. The second-order valence-corrected chi connectivity index (χ2v) is 3.84. The lowest BCUT2D eigenvalue weighted by molar-refractivity contribution is -0.146. The fourth-order valence-corrected chi connectivity index (χ4v) is 1.73. The van der Waals surface area contributed by atoms with Gasteiger partial charge in [0.05, 0.1) is 12.5 Å². The molecule has 0 radical (unpaired) electrons. The molecule has 0 amide bonds. The number of aromatic nitrogens is 3. The maximum atomic E-state index is 10.7. The van der Waals surface area contributed by atoms with Crippen LogP contribution in [0.3, 0.4) is 0 Å². The number of aryl methyl sites for hydroxylation is 1. The number of carbonyl (C=O) groups is 1. The van der Waals surface area contributed by atoms with Gasteiger partial charge in [-0.1, -0.05) is 0 Å². The number of aliphatic carboxylic acids is 1. The first kappa shape index (κ1) is 10.1. The van der Waals surface area contributed by atoms with E-state index in [-0.39, 0.29) is 12.0 Å². The molecule has 2 atom stereocenters. The fraction of sp³-hybridized carbons (Fsp3) is 0.667. The van der Waals surface area contributed by atoms with E-state index in [2.05, 4.69) is 15.4 Å². The Morgan fingerprint density at radius 1 is 1.73 bits per heavy atom. The molecule has 1 aliphatic carbocycles. The van der Waals surface area contributed by atoms with E-state index in [4.69, 9.17) is 5.11 Å². The zero-order valence-corrected chi connectivity index (χ0v) is 8.55. The SMILES string of the molecule is Cn1cnc(CNC2CCC2C(=O)O)n1. The minimum atomic E-state index is -0.715. The quantitative estimate of drug-likeness (QED) is 0.717. The van der Waals surface area contributed by atoms with E-state index in [9.17, 15) is 4.79 Å². The van der Waals surface area contributed by atoms with Crippen molar-refractivity contribution in [2.24, 2.45) is 13.0 Å². The summed E-state index contributed by atoms with van der Waals surface area (Å²) in [6.45, 7) is 0.537. The van der Waals surface area contributed by atoms with Crippen molar-refractivity contribution in [3.63, 3.8) is 0 Å². The minimum Gasteiger partial charge on any atom is -0.481 e. The van der Waals surface area contributed by atoms with Gasteiger partial charge in [0.2, 0.25) is 0 Å². The Labute approximate surface area is 87.3 Å². The van der Waals surface area contributed by atoms with Gasteiger partial charge < -0.3 is 10.4 Å². The zero-order valence-electron chi connectivity index (χ0n) is 8.55. The molecule has 2 N–H and O–H groups in total. The second-order valence-electron chi connectivity index (χ2n) is 3.84. The molecule has 2 rings (SSSR count). The number of hydrogen-bond acceptors (Lipinski definition) is 4. The summed E-state index contributed by atoms with van der Waals surface area (Å²) in [4.78, 5) is 14.8. The van der Waals surface area contributed by atoms with E-state index < -0.39 is 5.97 Å². The van der Waals surface area contributed by atoms with Crippen LogP contribution in [0.25, 0.3) is 0 Å². The monoisotopic (exact) mass is 210 g/mol. The van der Waals surface area contributed by atoms with Crippen molar-refractivity contribution in [1.29, 1.82) is 0 Å². The fourth-order valence-electron chi connectivity index (χ4n) is 1.73. The third-order valence-corrected chi connectivity index (χ3v) is 2.76. The first-order chi connectivity index (χ1) is 7.16. The van der Waals surface area contributed by atoms with E-state index in [0.29, 0.717) is 12.4 Å². The predicted octanol–water partition coefficient (Wildman–Crippen LogP) is -0.232. The van der Waals surface area contributed by atoms with Crippen LogP contribution in [0.2, 0.25) is 0 Å². The number of nitrogens with zero attached hydrogens (tertiary/aromatic N) is 3. The van der Waals surface area contributed by atoms with E-state index in [1.807, 2.05) is 0 Å². The molecular weight excluding hydrogens is 196 g/mol. The Hall–Kier alpha value is -1.43. The predicted molar refractivity (Wildman–Crippen MR) is 52.0 cm³/mol. The van der Waals surface area contributed by atoms with Crippen LogP contribution in [0.5, 0.6) is 0 Å². The van der Waals surface area contributed by atoms with Gasteiger partial charge in [-0.25, -0.2) is 4.98 Å². The van der Waals surface area contributed by atoms with Gasteiger partial charge in [0, 0.05) is 13.1 Å². The van der Waals surface area contributed by atoms with Crippen molar-refractivity contribution in [2.75, 3.05) is 0 Å². The van der Waals surface area contributed by atoms with Gasteiger partial charge in [-0.2, -0.15) is 5.10 Å². The van der Waals surface area contributed by atoms with Crippen LogP contribution in [-0.4, -0.2) is 31.9 Å². The topological polar surface area (TPSA) is 80.0 Å². The average molecular weight is 210 g/mol. The van der Waals surface area contributed by atoms with Gasteiger partial charge >= 0.3 is 5.97 Å². The maximum absolute atomic E-state index is 10.7. The Kier molecular flexibility index (Phi) is 2.68. The van der Waals surface area contributed by atoms with Crippen LogP contribution < -0.4 is 5.32 Å². The lowest BCUT2D eigenvalue weighted by Gasteiger charge is -2.33. The van der Waals surface area contributed by atoms with Crippen molar-refractivity contribution >= 4 is 5.97 Å². The van der Waals surface area contributed by atoms with Crippen LogP contribution in [0.1, 0.15) is 18.7 Å². The van der Waals surface area contributed by atoms with Gasteiger partial charge in [-0.05, 0) is 12.8 Å². The third-order valence-electron chi connectivity index (χ3n) is 2.76. The summed E-state index contributed by atoms with van der Waals surface area (Å²) in [7, 11) is 1.81. The summed E-state index contributed by atoms with van der Waals surface area (Å²) >= 11 is 0. The molecule has 1 aliphatic rings. The molecule has 1 saturated carbocycles. The van der Waals surface area contributed by atoms with Gasteiger partial charge in [0.15, 0.2) is 5.82 Å². The van der Waals surface area contributed by atoms with Gasteiger partial charge in [0.1, 0.15) is 6.33 Å². The zero-order chi connectivity index (χ0) is 10.8. The Bertz CT molecular complexity index is 363. The molecule has 1 fully saturated rings. The van der Waals surface area contributed by atoms with Crippen molar-refractivity contribution in [3.8, 4) is 0 Å². The Balaban J connectivity index is 1.81. The second kappa shape index (κ2) is 3.98. The molecule has 6 nitrogen and oxygen atoms in total. The summed E-state index contributed by atoms with van der Waals surface area (Å²) < 4.78 is 1.63. The smallest absolute Gasteiger partial charge is 0.308 e. The van der Waals surface area contributed by atoms with Crippen LogP contribution in [0, 0.1) is 5.92 Å².